The van der Waals surface area contributed by atoms with Gasteiger partial charge < -0.3 is 19.8 Å². The molecule has 0 saturated carbocycles. The Labute approximate surface area is 235 Å². The number of hydrogen-bond donors (Lipinski definition) is 3. The van der Waals surface area contributed by atoms with Crippen molar-refractivity contribution >= 4 is 16.9 Å². The van der Waals surface area contributed by atoms with E-state index in [9.17, 15) is 26.7 Å². The standard InChI is InChI=1S/C30H23F6N3O3/c1-14(17-4-2-3-15(26(17)33)5-8-24(40)41)23-13-38-30(39-23)19-11-16(6-7-20(19)31)42-28-21(32)12-22-18(9-10-37-22)25(28)27(34)29(35)36/h2-4,6-7,9-14,27,29,37H,5,8H2,1H3,(H,38,39)(H,40,41). The Balaban J connectivity index is 1.46. The van der Waals surface area contributed by atoms with E-state index in [1.165, 1.54) is 24.5 Å². The molecule has 2 atom stereocenters. The van der Waals surface area contributed by atoms with Crippen molar-refractivity contribution in [3.8, 4) is 22.9 Å². The van der Waals surface area contributed by atoms with Crippen molar-refractivity contribution in [3.63, 3.8) is 0 Å². The number of carboxylic acid groups (broad SMARTS) is 1. The zero-order chi connectivity index (χ0) is 30.1. The number of aliphatic carboxylic acids is 1. The number of aromatic amines is 2. The van der Waals surface area contributed by atoms with Crippen LogP contribution in [-0.4, -0.2) is 32.5 Å². The first kappa shape index (κ1) is 28.8. The lowest BCUT2D eigenvalue weighted by molar-refractivity contribution is -0.136. The Kier molecular flexibility index (Phi) is 7.97. The van der Waals surface area contributed by atoms with Crippen molar-refractivity contribution in [2.45, 2.75) is 38.3 Å². The van der Waals surface area contributed by atoms with E-state index in [1.807, 2.05) is 0 Å². The Morgan fingerprint density at radius 2 is 1.83 bits per heavy atom. The first-order valence-corrected chi connectivity index (χ1v) is 12.8. The van der Waals surface area contributed by atoms with E-state index in [0.717, 1.165) is 24.3 Å². The van der Waals surface area contributed by atoms with Crippen LogP contribution in [0.25, 0.3) is 22.3 Å². The number of hydrogen-bond acceptors (Lipinski definition) is 3. The van der Waals surface area contributed by atoms with E-state index >= 15 is 4.39 Å². The first-order valence-electron chi connectivity index (χ1n) is 12.8. The van der Waals surface area contributed by atoms with Gasteiger partial charge in [0, 0.05) is 53.0 Å². The maximum Gasteiger partial charge on any atom is 0.303 e. The number of H-pyrrole nitrogens is 2. The number of nitrogens with one attached hydrogen (secondary N) is 2. The topological polar surface area (TPSA) is 91.0 Å². The normalized spacial score (nSPS) is 13.0. The third-order valence-electron chi connectivity index (χ3n) is 6.96. The zero-order valence-electron chi connectivity index (χ0n) is 21.9. The van der Waals surface area contributed by atoms with Crippen LogP contribution in [0.1, 0.15) is 47.8 Å². The number of aromatic nitrogens is 3. The second-order valence-electron chi connectivity index (χ2n) is 9.64. The number of nitrogens with zero attached hydrogens (tertiary/aromatic N) is 1. The van der Waals surface area contributed by atoms with E-state index < -0.39 is 53.2 Å². The molecule has 2 heterocycles. The van der Waals surface area contributed by atoms with Crippen molar-refractivity contribution in [1.29, 1.82) is 0 Å². The highest BCUT2D eigenvalue weighted by atomic mass is 19.3. The maximum atomic E-state index is 15.2. The van der Waals surface area contributed by atoms with Gasteiger partial charge in [0.15, 0.2) is 17.7 Å². The van der Waals surface area contributed by atoms with Crippen molar-refractivity contribution in [3.05, 3.63) is 101 Å². The van der Waals surface area contributed by atoms with Gasteiger partial charge in [0.05, 0.1) is 5.56 Å². The molecule has 3 aromatic carbocycles. The number of benzene rings is 3. The second kappa shape index (κ2) is 11.6. The van der Waals surface area contributed by atoms with E-state index in [1.54, 1.807) is 19.1 Å². The molecule has 42 heavy (non-hydrogen) atoms. The van der Waals surface area contributed by atoms with Crippen LogP contribution in [0, 0.1) is 17.5 Å². The Bertz CT molecular complexity index is 1770. The fourth-order valence-electron chi connectivity index (χ4n) is 4.78. The van der Waals surface area contributed by atoms with Crippen molar-refractivity contribution in [1.82, 2.24) is 15.0 Å². The molecular weight excluding hydrogens is 564 g/mol. The Hall–Kier alpha value is -4.74. The summed E-state index contributed by atoms with van der Waals surface area (Å²) in [5, 5.41) is 8.93. The van der Waals surface area contributed by atoms with Crippen LogP contribution in [0.4, 0.5) is 26.3 Å². The van der Waals surface area contributed by atoms with Crippen molar-refractivity contribution in [2.75, 3.05) is 0 Å². The molecular formula is C30H23F6N3O3. The molecule has 0 bridgehead atoms. The summed E-state index contributed by atoms with van der Waals surface area (Å²) < 4.78 is 91.9. The van der Waals surface area contributed by atoms with Gasteiger partial charge in [-0.1, -0.05) is 25.1 Å². The Morgan fingerprint density at radius 3 is 2.57 bits per heavy atom. The average Bonchev–Trinajstić information content (AvgIpc) is 3.63. The third kappa shape index (κ3) is 5.56. The third-order valence-corrected chi connectivity index (χ3v) is 6.96. The monoisotopic (exact) mass is 587 g/mol. The molecule has 3 N–H and O–H groups in total. The average molecular weight is 588 g/mol. The van der Waals surface area contributed by atoms with Crippen molar-refractivity contribution in [2.24, 2.45) is 0 Å². The number of fused-ring (bicyclic) bond motifs is 1. The summed E-state index contributed by atoms with van der Waals surface area (Å²) in [6, 6.07) is 10.2. The number of carboxylic acids is 1. The van der Waals surface area contributed by atoms with Gasteiger partial charge in [0.1, 0.15) is 23.2 Å². The van der Waals surface area contributed by atoms with Gasteiger partial charge in [-0.25, -0.2) is 31.3 Å². The molecule has 0 aliphatic rings. The number of rotatable bonds is 10. The van der Waals surface area contributed by atoms with Gasteiger partial charge in [-0.3, -0.25) is 4.79 Å². The highest BCUT2D eigenvalue weighted by Gasteiger charge is 2.30. The highest BCUT2D eigenvalue weighted by Crippen LogP contribution is 2.42. The van der Waals surface area contributed by atoms with Crippen LogP contribution in [0.15, 0.2) is 60.9 Å². The van der Waals surface area contributed by atoms with E-state index in [4.69, 9.17) is 9.84 Å². The van der Waals surface area contributed by atoms with Gasteiger partial charge in [-0.15, -0.1) is 0 Å². The smallest absolute Gasteiger partial charge is 0.303 e. The van der Waals surface area contributed by atoms with Crippen LogP contribution in [0.2, 0.25) is 0 Å². The molecule has 2 unspecified atom stereocenters. The summed E-state index contributed by atoms with van der Waals surface area (Å²) in [5.74, 6) is -4.98. The van der Waals surface area contributed by atoms with Gasteiger partial charge in [-0.2, -0.15) is 0 Å². The van der Waals surface area contributed by atoms with Crippen LogP contribution < -0.4 is 4.74 Å². The van der Waals surface area contributed by atoms with Gasteiger partial charge >= 0.3 is 5.97 Å². The number of halogens is 6. The molecule has 12 heteroatoms. The van der Waals surface area contributed by atoms with Crippen LogP contribution in [0.5, 0.6) is 11.5 Å². The molecule has 0 saturated heterocycles. The number of aryl methyl sites for hydroxylation is 1. The van der Waals surface area contributed by atoms with Gasteiger partial charge in [-0.05, 0) is 41.8 Å². The summed E-state index contributed by atoms with van der Waals surface area (Å²) in [7, 11) is 0. The first-order chi connectivity index (χ1) is 20.0. The fourth-order valence-corrected chi connectivity index (χ4v) is 4.78. The molecule has 0 aliphatic heterocycles. The molecule has 0 amide bonds. The minimum Gasteiger partial charge on any atom is -0.481 e. The van der Waals surface area contributed by atoms with E-state index in [2.05, 4.69) is 15.0 Å². The predicted molar refractivity (Wildman–Crippen MR) is 142 cm³/mol. The fraction of sp³-hybridized carbons (Fsp3) is 0.200. The molecule has 5 rings (SSSR count). The van der Waals surface area contributed by atoms with Crippen LogP contribution in [-0.2, 0) is 11.2 Å². The van der Waals surface area contributed by atoms with E-state index in [0.29, 0.717) is 5.69 Å². The minimum absolute atomic E-state index is 0.00506. The summed E-state index contributed by atoms with van der Waals surface area (Å²) in [5.41, 5.74) is 0.205. The van der Waals surface area contributed by atoms with Crippen LogP contribution in [0.3, 0.4) is 0 Å². The largest absolute Gasteiger partial charge is 0.481 e. The number of ether oxygens (including phenoxy) is 1. The number of imidazole rings is 1. The van der Waals surface area contributed by atoms with Gasteiger partial charge in [0.2, 0.25) is 0 Å². The molecule has 0 aliphatic carbocycles. The Morgan fingerprint density at radius 1 is 1.05 bits per heavy atom. The lowest BCUT2D eigenvalue weighted by Crippen LogP contribution is -2.07. The second-order valence-corrected chi connectivity index (χ2v) is 9.64. The van der Waals surface area contributed by atoms with Crippen LogP contribution >= 0.6 is 0 Å². The van der Waals surface area contributed by atoms with Gasteiger partial charge in [0.25, 0.3) is 6.43 Å². The molecule has 0 fully saturated rings. The summed E-state index contributed by atoms with van der Waals surface area (Å²) in [4.78, 5) is 20.7. The number of carbonyl (C=O) groups is 1. The molecule has 0 radical (unpaired) electrons. The quantitative estimate of drug-likeness (QED) is 0.144. The summed E-state index contributed by atoms with van der Waals surface area (Å²) in [6.07, 6.45) is -3.82. The SMILES string of the molecule is CC(c1cnc(-c2cc(Oc3c(F)cc4[nH]ccc4c3C(F)C(F)F)ccc2F)[nH]1)c1cccc(CCC(=O)O)c1F. The molecule has 5 aromatic rings. The predicted octanol–water partition coefficient (Wildman–Crippen LogP) is 8.21. The van der Waals surface area contributed by atoms with E-state index in [-0.39, 0.29) is 52.0 Å². The maximum absolute atomic E-state index is 15.2. The lowest BCUT2D eigenvalue weighted by Gasteiger charge is -2.17. The molecule has 6 nitrogen and oxygen atoms in total. The lowest BCUT2D eigenvalue weighted by atomic mass is 9.94. The van der Waals surface area contributed by atoms with Crippen molar-refractivity contribution < 1.29 is 41.0 Å². The minimum atomic E-state index is -3.46. The molecule has 2 aromatic heterocycles. The highest BCUT2D eigenvalue weighted by molar-refractivity contribution is 5.86. The summed E-state index contributed by atoms with van der Waals surface area (Å²) >= 11 is 0. The zero-order valence-corrected chi connectivity index (χ0v) is 21.9. The number of alkyl halides is 3. The molecule has 218 valence electrons. The summed E-state index contributed by atoms with van der Waals surface area (Å²) in [6.45, 7) is 1.68. The molecule has 0 spiro atoms.